The lowest BCUT2D eigenvalue weighted by molar-refractivity contribution is -0.124. The Morgan fingerprint density at radius 2 is 2.14 bits per heavy atom. The van der Waals surface area contributed by atoms with Gasteiger partial charge in [0.05, 0.1) is 12.8 Å². The van der Waals surface area contributed by atoms with Crippen molar-refractivity contribution in [2.75, 3.05) is 20.3 Å². The Labute approximate surface area is 129 Å². The zero-order valence-corrected chi connectivity index (χ0v) is 12.7. The predicted molar refractivity (Wildman–Crippen MR) is 80.4 cm³/mol. The van der Waals surface area contributed by atoms with Crippen molar-refractivity contribution in [3.8, 4) is 5.75 Å². The van der Waals surface area contributed by atoms with Crippen LogP contribution in [0.15, 0.2) is 36.5 Å². The number of para-hydroxylation sites is 1. The highest BCUT2D eigenvalue weighted by molar-refractivity contribution is 5.79. The molecule has 7 nitrogen and oxygen atoms in total. The fourth-order valence-electron chi connectivity index (χ4n) is 1.79. The van der Waals surface area contributed by atoms with Crippen LogP contribution in [0.4, 0.5) is 0 Å². The first-order valence-corrected chi connectivity index (χ1v) is 7.06. The Morgan fingerprint density at radius 3 is 2.86 bits per heavy atom. The number of nitrogens with zero attached hydrogens (tertiary/aromatic N) is 3. The van der Waals surface area contributed by atoms with Crippen LogP contribution in [0.3, 0.4) is 0 Å². The van der Waals surface area contributed by atoms with Gasteiger partial charge in [0, 0.05) is 13.7 Å². The number of rotatable bonds is 8. The summed E-state index contributed by atoms with van der Waals surface area (Å²) in [7, 11) is 1.59. The van der Waals surface area contributed by atoms with E-state index in [-0.39, 0.29) is 5.91 Å². The molecule has 0 aliphatic heterocycles. The summed E-state index contributed by atoms with van der Waals surface area (Å²) in [5.41, 5.74) is 0.667. The van der Waals surface area contributed by atoms with Crippen molar-refractivity contribution < 1.29 is 14.3 Å². The molecular formula is C15H20N4O3. The molecule has 1 amide bonds. The maximum absolute atomic E-state index is 11.9. The number of amides is 1. The third-order valence-corrected chi connectivity index (χ3v) is 3.07. The summed E-state index contributed by atoms with van der Waals surface area (Å²) in [6, 6.07) is 9.03. The van der Waals surface area contributed by atoms with Crippen molar-refractivity contribution in [2.45, 2.75) is 19.6 Å². The first kappa shape index (κ1) is 16.0. The van der Waals surface area contributed by atoms with Gasteiger partial charge in [0.2, 0.25) is 5.91 Å². The van der Waals surface area contributed by atoms with Crippen molar-refractivity contribution in [3.05, 3.63) is 42.2 Å². The molecule has 22 heavy (non-hydrogen) atoms. The van der Waals surface area contributed by atoms with Gasteiger partial charge in [-0.2, -0.15) is 0 Å². The second kappa shape index (κ2) is 8.14. The highest BCUT2D eigenvalue weighted by atomic mass is 16.5. The fourth-order valence-corrected chi connectivity index (χ4v) is 1.79. The molecule has 1 heterocycles. The van der Waals surface area contributed by atoms with E-state index in [4.69, 9.17) is 9.47 Å². The smallest absolute Gasteiger partial charge is 0.244 e. The predicted octanol–water partition coefficient (Wildman–Crippen LogP) is 1.18. The standard InChI is InChI=1S/C15H20N4O3/c1-12(15(20)16-8-9-21-2)19-10-13(17-18-19)11-22-14-6-4-3-5-7-14/h3-7,10,12H,8-9,11H2,1-2H3,(H,16,20)/t12-/m0/s1. The number of benzene rings is 1. The zero-order chi connectivity index (χ0) is 15.8. The van der Waals surface area contributed by atoms with Crippen molar-refractivity contribution in [3.63, 3.8) is 0 Å². The molecule has 0 saturated heterocycles. The number of aromatic nitrogens is 3. The van der Waals surface area contributed by atoms with Crippen LogP contribution in [0.25, 0.3) is 0 Å². The lowest BCUT2D eigenvalue weighted by Gasteiger charge is -2.11. The molecule has 118 valence electrons. The summed E-state index contributed by atoms with van der Waals surface area (Å²) in [5, 5.41) is 10.8. The Balaban J connectivity index is 1.86. The van der Waals surface area contributed by atoms with Gasteiger partial charge in [0.1, 0.15) is 24.1 Å². The summed E-state index contributed by atoms with van der Waals surface area (Å²) in [5.74, 6) is 0.639. The van der Waals surface area contributed by atoms with Gasteiger partial charge >= 0.3 is 0 Å². The Morgan fingerprint density at radius 1 is 1.36 bits per heavy atom. The van der Waals surface area contributed by atoms with Crippen molar-refractivity contribution in [1.29, 1.82) is 0 Å². The summed E-state index contributed by atoms with van der Waals surface area (Å²) in [6.07, 6.45) is 1.71. The van der Waals surface area contributed by atoms with Gasteiger partial charge in [0.15, 0.2) is 0 Å². The molecule has 0 radical (unpaired) electrons. The Bertz CT molecular complexity index is 585. The van der Waals surface area contributed by atoms with Gasteiger partial charge in [-0.15, -0.1) is 5.10 Å². The molecule has 0 bridgehead atoms. The number of ether oxygens (including phenoxy) is 2. The minimum atomic E-state index is -0.435. The number of nitrogens with one attached hydrogen (secondary N) is 1. The Hall–Kier alpha value is -2.41. The van der Waals surface area contributed by atoms with E-state index in [1.54, 1.807) is 20.2 Å². The quantitative estimate of drug-likeness (QED) is 0.741. The molecule has 7 heteroatoms. The monoisotopic (exact) mass is 304 g/mol. The molecule has 1 atom stereocenters. The molecule has 0 aliphatic rings. The molecule has 2 rings (SSSR count). The number of hydrogen-bond donors (Lipinski definition) is 1. The van der Waals surface area contributed by atoms with Gasteiger partial charge in [-0.05, 0) is 19.1 Å². The third kappa shape index (κ3) is 4.56. The topological polar surface area (TPSA) is 78.3 Å². The highest BCUT2D eigenvalue weighted by Gasteiger charge is 2.16. The largest absolute Gasteiger partial charge is 0.487 e. The highest BCUT2D eigenvalue weighted by Crippen LogP contribution is 2.11. The fraction of sp³-hybridized carbons (Fsp3) is 0.400. The maximum atomic E-state index is 11.9. The summed E-state index contributed by atoms with van der Waals surface area (Å²) < 4.78 is 12.0. The number of carbonyl (C=O) groups excluding carboxylic acids is 1. The first-order valence-electron chi connectivity index (χ1n) is 7.06. The van der Waals surface area contributed by atoms with Gasteiger partial charge in [0.25, 0.3) is 0 Å². The maximum Gasteiger partial charge on any atom is 0.244 e. The van der Waals surface area contributed by atoms with Crippen molar-refractivity contribution >= 4 is 5.91 Å². The molecule has 0 aliphatic carbocycles. The number of hydrogen-bond acceptors (Lipinski definition) is 5. The molecule has 1 N–H and O–H groups in total. The molecule has 0 unspecified atom stereocenters. The van der Waals surface area contributed by atoms with Crippen LogP contribution in [-0.2, 0) is 16.1 Å². The second-order valence-corrected chi connectivity index (χ2v) is 4.75. The molecule has 0 saturated carbocycles. The first-order chi connectivity index (χ1) is 10.7. The second-order valence-electron chi connectivity index (χ2n) is 4.75. The van der Waals surface area contributed by atoms with E-state index in [9.17, 15) is 4.79 Å². The van der Waals surface area contributed by atoms with Crippen molar-refractivity contribution in [1.82, 2.24) is 20.3 Å². The van der Waals surface area contributed by atoms with Crippen LogP contribution >= 0.6 is 0 Å². The molecule has 2 aromatic rings. The van der Waals surface area contributed by atoms with E-state index in [0.29, 0.717) is 25.5 Å². The lowest BCUT2D eigenvalue weighted by atomic mass is 10.3. The van der Waals surface area contributed by atoms with Gasteiger partial charge in [-0.3, -0.25) is 4.79 Å². The van der Waals surface area contributed by atoms with E-state index in [2.05, 4.69) is 15.6 Å². The van der Waals surface area contributed by atoms with Crippen LogP contribution in [0.1, 0.15) is 18.7 Å². The van der Waals surface area contributed by atoms with Gasteiger partial charge < -0.3 is 14.8 Å². The molecule has 1 aromatic carbocycles. The molecule has 0 spiro atoms. The van der Waals surface area contributed by atoms with Crippen LogP contribution in [0, 0.1) is 0 Å². The average Bonchev–Trinajstić information content (AvgIpc) is 3.02. The van der Waals surface area contributed by atoms with Crippen molar-refractivity contribution in [2.24, 2.45) is 0 Å². The molecule has 0 fully saturated rings. The Kier molecular flexibility index (Phi) is 5.91. The van der Waals surface area contributed by atoms with Crippen LogP contribution < -0.4 is 10.1 Å². The van der Waals surface area contributed by atoms with Crippen LogP contribution in [0.2, 0.25) is 0 Å². The van der Waals surface area contributed by atoms with E-state index >= 15 is 0 Å². The van der Waals surface area contributed by atoms with Crippen LogP contribution in [0.5, 0.6) is 5.75 Å². The summed E-state index contributed by atoms with van der Waals surface area (Å²) in [4.78, 5) is 11.9. The van der Waals surface area contributed by atoms with E-state index in [1.807, 2.05) is 30.3 Å². The minimum absolute atomic E-state index is 0.127. The molecular weight excluding hydrogens is 284 g/mol. The number of methoxy groups -OCH3 is 1. The van der Waals surface area contributed by atoms with Gasteiger partial charge in [-0.1, -0.05) is 23.4 Å². The summed E-state index contributed by atoms with van der Waals surface area (Å²) >= 11 is 0. The van der Waals surface area contributed by atoms with E-state index < -0.39 is 6.04 Å². The minimum Gasteiger partial charge on any atom is -0.487 e. The van der Waals surface area contributed by atoms with Gasteiger partial charge in [-0.25, -0.2) is 4.68 Å². The number of carbonyl (C=O) groups is 1. The zero-order valence-electron chi connectivity index (χ0n) is 12.7. The average molecular weight is 304 g/mol. The molecule has 1 aromatic heterocycles. The van der Waals surface area contributed by atoms with Crippen LogP contribution in [-0.4, -0.2) is 41.2 Å². The normalized spacial score (nSPS) is 11.9. The van der Waals surface area contributed by atoms with E-state index in [0.717, 1.165) is 5.75 Å². The SMILES string of the molecule is COCCNC(=O)[C@H](C)n1cc(COc2ccccc2)nn1. The summed E-state index contributed by atoms with van der Waals surface area (Å²) in [6.45, 7) is 3.02. The lowest BCUT2D eigenvalue weighted by Crippen LogP contribution is -2.33. The third-order valence-electron chi connectivity index (χ3n) is 3.07. The van der Waals surface area contributed by atoms with E-state index in [1.165, 1.54) is 4.68 Å².